The maximum Gasteiger partial charge on any atom is 0.241 e. The lowest BCUT2D eigenvalue weighted by Gasteiger charge is -2.30. The Labute approximate surface area is 142 Å². The number of hydrogen-bond donors (Lipinski definition) is 3. The van der Waals surface area contributed by atoms with Crippen molar-refractivity contribution in [2.75, 3.05) is 25.4 Å². The van der Waals surface area contributed by atoms with Gasteiger partial charge in [0.25, 0.3) is 0 Å². The Kier molecular flexibility index (Phi) is 9.91. The molecule has 3 atom stereocenters. The lowest BCUT2D eigenvalue weighted by Crippen LogP contribution is -2.47. The van der Waals surface area contributed by atoms with E-state index in [0.717, 1.165) is 44.4 Å². The molecule has 3 N–H and O–H groups in total. The second kappa shape index (κ2) is 11.4. The van der Waals surface area contributed by atoms with Gasteiger partial charge in [-0.3, -0.25) is 9.00 Å². The van der Waals surface area contributed by atoms with E-state index in [2.05, 4.69) is 20.9 Å². The minimum atomic E-state index is -0.732. The minimum Gasteiger partial charge on any atom is -0.357 e. The normalized spacial score (nSPS) is 23.2. The summed E-state index contributed by atoms with van der Waals surface area (Å²) >= 11 is 0. The summed E-state index contributed by atoms with van der Waals surface area (Å²) in [5, 5.41) is 9.69. The number of nitrogens with one attached hydrogen (secondary N) is 3. The van der Waals surface area contributed by atoms with Crippen LogP contribution in [-0.2, 0) is 15.6 Å². The van der Waals surface area contributed by atoms with Crippen molar-refractivity contribution in [2.24, 2.45) is 4.99 Å². The lowest BCUT2D eigenvalue weighted by molar-refractivity contribution is -0.119. The Morgan fingerprint density at radius 1 is 1.22 bits per heavy atom. The molecule has 134 valence electrons. The third-order valence-corrected chi connectivity index (χ3v) is 5.66. The zero-order chi connectivity index (χ0) is 17.1. The largest absolute Gasteiger partial charge is 0.357 e. The number of carbonyl (C=O) groups is 1. The number of aliphatic imine (C=N–C) groups is 1. The molecular formula is C16H32N4O2S. The Bertz CT molecular complexity index is 415. The van der Waals surface area contributed by atoms with Crippen LogP contribution >= 0.6 is 0 Å². The highest BCUT2D eigenvalue weighted by molar-refractivity contribution is 7.85. The van der Waals surface area contributed by atoms with E-state index in [1.165, 1.54) is 0 Å². The highest BCUT2D eigenvalue weighted by Gasteiger charge is 2.26. The van der Waals surface area contributed by atoms with Gasteiger partial charge in [0.2, 0.25) is 5.91 Å². The average Bonchev–Trinajstić information content (AvgIpc) is 2.57. The van der Waals surface area contributed by atoms with Gasteiger partial charge >= 0.3 is 0 Å². The van der Waals surface area contributed by atoms with E-state index in [4.69, 9.17) is 0 Å². The van der Waals surface area contributed by atoms with Crippen LogP contribution in [0.25, 0.3) is 0 Å². The Morgan fingerprint density at radius 2 is 2.00 bits per heavy atom. The topological polar surface area (TPSA) is 82.6 Å². The van der Waals surface area contributed by atoms with Gasteiger partial charge in [-0.15, -0.1) is 0 Å². The Hall–Kier alpha value is -1.11. The van der Waals surface area contributed by atoms with Crippen LogP contribution in [0.1, 0.15) is 52.9 Å². The van der Waals surface area contributed by atoms with Crippen molar-refractivity contribution < 1.29 is 9.00 Å². The third kappa shape index (κ3) is 7.81. The monoisotopic (exact) mass is 344 g/mol. The van der Waals surface area contributed by atoms with Gasteiger partial charge in [0.15, 0.2) is 5.96 Å². The van der Waals surface area contributed by atoms with E-state index in [-0.39, 0.29) is 23.7 Å². The summed E-state index contributed by atoms with van der Waals surface area (Å²) in [6.45, 7) is 7.57. The van der Waals surface area contributed by atoms with Crippen LogP contribution in [0.4, 0.5) is 0 Å². The molecule has 0 aromatic rings. The Balaban J connectivity index is 2.53. The van der Waals surface area contributed by atoms with Crippen molar-refractivity contribution in [1.29, 1.82) is 0 Å². The first-order valence-corrected chi connectivity index (χ1v) is 10.2. The first-order chi connectivity index (χ1) is 11.1. The Morgan fingerprint density at radius 3 is 2.65 bits per heavy atom. The molecule has 1 rings (SSSR count). The molecule has 1 aliphatic rings. The molecule has 23 heavy (non-hydrogen) atoms. The molecule has 1 amide bonds. The van der Waals surface area contributed by atoms with Gasteiger partial charge in [-0.05, 0) is 32.6 Å². The fourth-order valence-electron chi connectivity index (χ4n) is 2.74. The van der Waals surface area contributed by atoms with E-state index in [0.29, 0.717) is 12.5 Å². The van der Waals surface area contributed by atoms with Crippen molar-refractivity contribution in [3.63, 3.8) is 0 Å². The molecule has 0 aliphatic heterocycles. The van der Waals surface area contributed by atoms with Crippen LogP contribution < -0.4 is 16.0 Å². The standard InChI is InChI=1S/C16H32N4O2S/c1-4-10-18-15(21)12-19-16(17-5-2)20-13-8-7-9-14(11-13)23(22)6-3/h13-14H,4-12H2,1-3H3,(H,18,21)(H2,17,19,20). The zero-order valence-electron chi connectivity index (χ0n) is 14.7. The fourth-order valence-corrected chi connectivity index (χ4v) is 4.08. The maximum absolute atomic E-state index is 12.0. The first-order valence-electron chi connectivity index (χ1n) is 8.79. The predicted octanol–water partition coefficient (Wildman–Crippen LogP) is 1.15. The fraction of sp³-hybridized carbons (Fsp3) is 0.875. The van der Waals surface area contributed by atoms with E-state index >= 15 is 0 Å². The molecule has 0 heterocycles. The van der Waals surface area contributed by atoms with Gasteiger partial charge in [0.05, 0.1) is 0 Å². The summed E-state index contributed by atoms with van der Waals surface area (Å²) in [4.78, 5) is 16.0. The van der Waals surface area contributed by atoms with Crippen LogP contribution in [-0.4, -0.2) is 52.8 Å². The van der Waals surface area contributed by atoms with Crippen LogP contribution in [0, 0.1) is 0 Å². The first kappa shape index (κ1) is 19.9. The van der Waals surface area contributed by atoms with Gasteiger partial charge in [-0.25, -0.2) is 4.99 Å². The van der Waals surface area contributed by atoms with Crippen LogP contribution in [0.2, 0.25) is 0 Å². The molecular weight excluding hydrogens is 312 g/mol. The summed E-state index contributed by atoms with van der Waals surface area (Å²) in [5.41, 5.74) is 0. The molecule has 0 spiro atoms. The molecule has 3 unspecified atom stereocenters. The molecule has 1 aliphatic carbocycles. The van der Waals surface area contributed by atoms with Crippen molar-refractivity contribution in [3.05, 3.63) is 0 Å². The second-order valence-corrected chi connectivity index (χ2v) is 7.85. The van der Waals surface area contributed by atoms with Crippen molar-refractivity contribution >= 4 is 22.7 Å². The number of nitrogens with zero attached hydrogens (tertiary/aromatic N) is 1. The van der Waals surface area contributed by atoms with Gasteiger partial charge in [-0.2, -0.15) is 0 Å². The van der Waals surface area contributed by atoms with Gasteiger partial charge in [0, 0.05) is 40.9 Å². The smallest absolute Gasteiger partial charge is 0.241 e. The predicted molar refractivity (Wildman–Crippen MR) is 97.1 cm³/mol. The number of rotatable bonds is 8. The highest BCUT2D eigenvalue weighted by Crippen LogP contribution is 2.22. The van der Waals surface area contributed by atoms with E-state index in [9.17, 15) is 9.00 Å². The average molecular weight is 345 g/mol. The molecule has 0 radical (unpaired) electrons. The number of hydrogen-bond acceptors (Lipinski definition) is 3. The molecule has 6 nitrogen and oxygen atoms in total. The SMILES string of the molecule is CCCNC(=O)CN=C(NCC)NC1CCCC(S(=O)CC)C1. The van der Waals surface area contributed by atoms with Crippen LogP contribution in [0.15, 0.2) is 4.99 Å². The zero-order valence-corrected chi connectivity index (χ0v) is 15.5. The minimum absolute atomic E-state index is 0.0577. The van der Waals surface area contributed by atoms with Crippen molar-refractivity contribution in [1.82, 2.24) is 16.0 Å². The molecule has 0 saturated heterocycles. The van der Waals surface area contributed by atoms with Gasteiger partial charge < -0.3 is 16.0 Å². The van der Waals surface area contributed by atoms with Crippen LogP contribution in [0.3, 0.4) is 0 Å². The number of guanidine groups is 1. The molecule has 7 heteroatoms. The summed E-state index contributed by atoms with van der Waals surface area (Å²) in [5.74, 6) is 1.34. The number of amides is 1. The third-order valence-electron chi connectivity index (χ3n) is 3.92. The maximum atomic E-state index is 12.0. The van der Waals surface area contributed by atoms with Crippen LogP contribution in [0.5, 0.6) is 0 Å². The molecule has 1 saturated carbocycles. The number of carbonyl (C=O) groups excluding carboxylic acids is 1. The summed E-state index contributed by atoms with van der Waals surface area (Å²) in [6, 6.07) is 0.278. The molecule has 0 aromatic carbocycles. The second-order valence-electron chi connectivity index (χ2n) is 5.84. The van der Waals surface area contributed by atoms with E-state index in [1.54, 1.807) is 0 Å². The quantitative estimate of drug-likeness (QED) is 0.456. The molecule has 0 bridgehead atoms. The highest BCUT2D eigenvalue weighted by atomic mass is 32.2. The lowest BCUT2D eigenvalue weighted by atomic mass is 9.95. The summed E-state index contributed by atoms with van der Waals surface area (Å²) in [7, 11) is -0.732. The summed E-state index contributed by atoms with van der Waals surface area (Å²) in [6.07, 6.45) is 5.03. The van der Waals surface area contributed by atoms with Crippen molar-refractivity contribution in [3.8, 4) is 0 Å². The van der Waals surface area contributed by atoms with E-state index in [1.807, 2.05) is 20.8 Å². The molecule has 1 fully saturated rings. The van der Waals surface area contributed by atoms with Gasteiger partial charge in [0.1, 0.15) is 6.54 Å². The van der Waals surface area contributed by atoms with Gasteiger partial charge in [-0.1, -0.05) is 20.3 Å². The molecule has 0 aromatic heterocycles. The van der Waals surface area contributed by atoms with Crippen molar-refractivity contribution in [2.45, 2.75) is 64.2 Å². The summed E-state index contributed by atoms with van der Waals surface area (Å²) < 4.78 is 12.0. The van der Waals surface area contributed by atoms with E-state index < -0.39 is 10.8 Å².